The number of amides is 3. The normalized spacial score (nSPS) is 19.9. The van der Waals surface area contributed by atoms with Gasteiger partial charge in [-0.3, -0.25) is 23.7 Å². The highest BCUT2D eigenvalue weighted by Crippen LogP contribution is 2.54. The number of aromatic nitrogens is 1. The molecule has 1 N–H and O–H groups in total. The Labute approximate surface area is 243 Å². The molecule has 2 aliphatic rings. The molecule has 1 aromatic heterocycles. The molecule has 202 valence electrons. The van der Waals surface area contributed by atoms with Gasteiger partial charge in [0.05, 0.1) is 16.6 Å². The lowest BCUT2D eigenvalue weighted by atomic mass is 9.83. The van der Waals surface area contributed by atoms with Crippen LogP contribution >= 0.6 is 34.7 Å². The molecular formula is C30H24ClN3O4S2. The van der Waals surface area contributed by atoms with Gasteiger partial charge in [-0.05, 0) is 55.3 Å². The minimum atomic E-state index is -0.748. The number of imide groups is 1. The second kappa shape index (κ2) is 10.4. The van der Waals surface area contributed by atoms with E-state index in [9.17, 15) is 19.2 Å². The standard InChI is InChI=1S/C30H24ClN3O4S2/c1-16-7-13-20(14-8-16)34-27(36)24-23(18-9-11-19(31)12-10-18)26-29(39-25(24)28(34)37)33(30(38)40-26)15-22(35)32-21-6-4-3-5-17(21)2/h3-14,23-25H,15H2,1-2H3,(H,32,35)/t23-,24?,25?/m1/s1. The number of hydrogen-bond donors (Lipinski definition) is 1. The summed E-state index contributed by atoms with van der Waals surface area (Å²) in [6.07, 6.45) is 0. The number of anilines is 2. The molecule has 0 radical (unpaired) electrons. The van der Waals surface area contributed by atoms with Gasteiger partial charge in [0.25, 0.3) is 0 Å². The van der Waals surface area contributed by atoms with E-state index in [0.29, 0.717) is 26.3 Å². The average Bonchev–Trinajstić information content (AvgIpc) is 3.37. The number of aryl methyl sites for hydroxylation is 2. The Morgan fingerprint density at radius 2 is 1.62 bits per heavy atom. The number of halogens is 1. The molecule has 7 nitrogen and oxygen atoms in total. The van der Waals surface area contributed by atoms with E-state index >= 15 is 0 Å². The van der Waals surface area contributed by atoms with E-state index in [2.05, 4.69) is 5.32 Å². The van der Waals surface area contributed by atoms with Crippen molar-refractivity contribution in [1.29, 1.82) is 0 Å². The second-order valence-corrected chi connectivity index (χ2v) is 12.5. The number of thiazole rings is 1. The third-order valence-corrected chi connectivity index (χ3v) is 10.1. The van der Waals surface area contributed by atoms with Crippen LogP contribution in [0.2, 0.25) is 5.02 Å². The first-order valence-corrected chi connectivity index (χ1v) is 14.8. The van der Waals surface area contributed by atoms with Crippen molar-refractivity contribution in [2.45, 2.75) is 36.6 Å². The van der Waals surface area contributed by atoms with Gasteiger partial charge in [-0.15, -0.1) is 0 Å². The fourth-order valence-electron chi connectivity index (χ4n) is 5.28. The number of carbonyl (C=O) groups excluding carboxylic acids is 3. The van der Waals surface area contributed by atoms with Gasteiger partial charge >= 0.3 is 4.87 Å². The number of benzene rings is 3. The lowest BCUT2D eigenvalue weighted by molar-refractivity contribution is -0.122. The highest BCUT2D eigenvalue weighted by atomic mass is 35.5. The van der Waals surface area contributed by atoms with E-state index in [4.69, 9.17) is 11.6 Å². The third kappa shape index (κ3) is 4.58. The number of carbonyl (C=O) groups is 3. The highest BCUT2D eigenvalue weighted by Gasteiger charge is 2.56. The number of nitrogens with one attached hydrogen (secondary N) is 1. The van der Waals surface area contributed by atoms with Crippen LogP contribution in [0.1, 0.15) is 27.5 Å². The smallest absolute Gasteiger partial charge is 0.308 e. The Morgan fingerprint density at radius 3 is 2.33 bits per heavy atom. The van der Waals surface area contributed by atoms with E-state index in [-0.39, 0.29) is 29.1 Å². The Bertz CT molecular complexity index is 1710. The van der Waals surface area contributed by atoms with E-state index in [1.54, 1.807) is 30.3 Å². The summed E-state index contributed by atoms with van der Waals surface area (Å²) in [5.74, 6) is -2.23. The van der Waals surface area contributed by atoms with Gasteiger partial charge in [0.15, 0.2) is 0 Å². The van der Waals surface area contributed by atoms with Crippen LogP contribution in [0.4, 0.5) is 11.4 Å². The van der Waals surface area contributed by atoms with Gasteiger partial charge in [-0.25, -0.2) is 4.90 Å². The molecule has 0 saturated carbocycles. The minimum absolute atomic E-state index is 0.208. The summed E-state index contributed by atoms with van der Waals surface area (Å²) in [5, 5.41) is 3.22. The molecule has 0 aliphatic carbocycles. The van der Waals surface area contributed by atoms with Crippen LogP contribution in [-0.2, 0) is 20.9 Å². The number of hydrogen-bond acceptors (Lipinski definition) is 6. The molecule has 3 aromatic carbocycles. The molecule has 40 heavy (non-hydrogen) atoms. The summed E-state index contributed by atoms with van der Waals surface area (Å²) in [7, 11) is 0. The van der Waals surface area contributed by atoms with Gasteiger partial charge in [0.2, 0.25) is 17.7 Å². The topological polar surface area (TPSA) is 88.5 Å². The fourth-order valence-corrected chi connectivity index (χ4v) is 8.18. The number of para-hydroxylation sites is 1. The summed E-state index contributed by atoms with van der Waals surface area (Å²) in [5.41, 5.74) is 3.89. The Balaban J connectivity index is 1.41. The molecule has 3 atom stereocenters. The lowest BCUT2D eigenvalue weighted by Gasteiger charge is -2.30. The monoisotopic (exact) mass is 589 g/mol. The first-order valence-electron chi connectivity index (χ1n) is 12.7. The van der Waals surface area contributed by atoms with E-state index < -0.39 is 17.1 Å². The van der Waals surface area contributed by atoms with Crippen LogP contribution in [0.15, 0.2) is 82.6 Å². The molecule has 4 aromatic rings. The van der Waals surface area contributed by atoms with Crippen LogP contribution < -0.4 is 15.1 Å². The predicted molar refractivity (Wildman–Crippen MR) is 158 cm³/mol. The molecule has 2 aliphatic heterocycles. The highest BCUT2D eigenvalue weighted by molar-refractivity contribution is 8.00. The van der Waals surface area contributed by atoms with Gasteiger partial charge in [-0.2, -0.15) is 0 Å². The van der Waals surface area contributed by atoms with Crippen molar-refractivity contribution in [3.63, 3.8) is 0 Å². The quantitative estimate of drug-likeness (QED) is 0.306. The number of nitrogens with zero attached hydrogens (tertiary/aromatic N) is 2. The molecule has 1 saturated heterocycles. The third-order valence-electron chi connectivity index (χ3n) is 7.29. The maximum absolute atomic E-state index is 13.9. The van der Waals surface area contributed by atoms with E-state index in [0.717, 1.165) is 28.0 Å². The van der Waals surface area contributed by atoms with Crippen LogP contribution in [0.3, 0.4) is 0 Å². The van der Waals surface area contributed by atoms with Crippen LogP contribution in [0.25, 0.3) is 0 Å². The van der Waals surface area contributed by atoms with Crippen molar-refractivity contribution in [3.8, 4) is 0 Å². The van der Waals surface area contributed by atoms with Gasteiger partial charge in [0, 0.05) is 21.5 Å². The fraction of sp³-hybridized carbons (Fsp3) is 0.200. The predicted octanol–water partition coefficient (Wildman–Crippen LogP) is 5.61. The van der Waals surface area contributed by atoms with Crippen molar-refractivity contribution in [1.82, 2.24) is 4.57 Å². The summed E-state index contributed by atoms with van der Waals surface area (Å²) in [4.78, 5) is 55.7. The van der Waals surface area contributed by atoms with Gasteiger partial charge < -0.3 is 5.32 Å². The zero-order valence-electron chi connectivity index (χ0n) is 21.6. The Kier molecular flexibility index (Phi) is 6.90. The summed E-state index contributed by atoms with van der Waals surface area (Å²) < 4.78 is 1.42. The van der Waals surface area contributed by atoms with Gasteiger partial charge in [0.1, 0.15) is 11.8 Å². The minimum Gasteiger partial charge on any atom is -0.324 e. The van der Waals surface area contributed by atoms with Crippen molar-refractivity contribution in [2.75, 3.05) is 10.2 Å². The van der Waals surface area contributed by atoms with Crippen molar-refractivity contribution < 1.29 is 14.4 Å². The molecule has 3 heterocycles. The lowest BCUT2D eigenvalue weighted by Crippen LogP contribution is -2.33. The summed E-state index contributed by atoms with van der Waals surface area (Å²) >= 11 is 8.38. The first-order chi connectivity index (χ1) is 19.2. The largest absolute Gasteiger partial charge is 0.324 e. The van der Waals surface area contributed by atoms with E-state index in [1.807, 2.05) is 56.3 Å². The molecule has 0 spiro atoms. The van der Waals surface area contributed by atoms with E-state index in [1.165, 1.54) is 21.2 Å². The average molecular weight is 590 g/mol. The number of thioether (sulfide) groups is 1. The second-order valence-electron chi connectivity index (χ2n) is 9.93. The first kappa shape index (κ1) is 26.6. The van der Waals surface area contributed by atoms with Crippen LogP contribution in [0.5, 0.6) is 0 Å². The Hall–Kier alpha value is -3.66. The van der Waals surface area contributed by atoms with Crippen molar-refractivity contribution >= 4 is 63.8 Å². The molecular weight excluding hydrogens is 566 g/mol. The number of fused-ring (bicyclic) bond motifs is 2. The van der Waals surface area contributed by atoms with Crippen LogP contribution in [0, 0.1) is 19.8 Å². The van der Waals surface area contributed by atoms with Crippen molar-refractivity contribution in [2.24, 2.45) is 5.92 Å². The summed E-state index contributed by atoms with van der Waals surface area (Å²) in [6, 6.07) is 21.8. The number of rotatable bonds is 5. The maximum atomic E-state index is 13.9. The molecule has 2 unspecified atom stereocenters. The molecule has 0 bridgehead atoms. The Morgan fingerprint density at radius 1 is 0.925 bits per heavy atom. The molecule has 10 heteroatoms. The van der Waals surface area contributed by atoms with Gasteiger partial charge in [-0.1, -0.05) is 82.7 Å². The molecule has 6 rings (SSSR count). The zero-order valence-corrected chi connectivity index (χ0v) is 24.0. The SMILES string of the molecule is Cc1ccc(N2C(=O)C3Sc4c(sc(=O)n4CC(=O)Nc4ccccc4C)[C@H](c4ccc(Cl)cc4)C3C2=O)cc1. The maximum Gasteiger partial charge on any atom is 0.308 e. The molecule has 1 fully saturated rings. The van der Waals surface area contributed by atoms with Crippen molar-refractivity contribution in [3.05, 3.63) is 109 Å². The summed E-state index contributed by atoms with van der Waals surface area (Å²) in [6.45, 7) is 3.63. The zero-order chi connectivity index (χ0) is 28.1. The molecule has 3 amide bonds. The van der Waals surface area contributed by atoms with Crippen LogP contribution in [-0.4, -0.2) is 27.5 Å².